The Bertz CT molecular complexity index is 383. The van der Waals surface area contributed by atoms with E-state index in [-0.39, 0.29) is 5.56 Å². The number of thiol groups is 1. The maximum atomic E-state index is 11.8. The van der Waals surface area contributed by atoms with Gasteiger partial charge in [-0.2, -0.15) is 5.26 Å². The average molecular weight is 219 g/mol. The molecule has 1 aromatic rings. The summed E-state index contributed by atoms with van der Waals surface area (Å²) in [4.78, 5) is 0.399. The summed E-state index contributed by atoms with van der Waals surface area (Å²) >= 11 is 3.88. The quantitative estimate of drug-likeness (QED) is 0.736. The lowest BCUT2D eigenvalue weighted by molar-refractivity contribution is -0.274. The molecule has 0 spiro atoms. The topological polar surface area (TPSA) is 33.0 Å². The summed E-state index contributed by atoms with van der Waals surface area (Å²) in [7, 11) is 0. The van der Waals surface area contributed by atoms with Crippen molar-refractivity contribution < 1.29 is 17.9 Å². The fraction of sp³-hybridized carbons (Fsp3) is 0.125. The molecule has 0 saturated carbocycles. The monoisotopic (exact) mass is 219 g/mol. The molecule has 0 aliphatic carbocycles. The highest BCUT2D eigenvalue weighted by atomic mass is 32.1. The minimum Gasteiger partial charge on any atom is -0.404 e. The SMILES string of the molecule is N#Cc1cc(S)ccc1OC(F)(F)F. The van der Waals surface area contributed by atoms with Crippen molar-refractivity contribution in [2.24, 2.45) is 0 Å². The standard InChI is InChI=1S/C8H4F3NOS/c9-8(10,11)13-7-2-1-6(14)3-5(7)4-12/h1-3,14H. The molecule has 0 N–H and O–H groups in total. The minimum atomic E-state index is -4.79. The number of ether oxygens (including phenoxy) is 1. The molecule has 0 bridgehead atoms. The summed E-state index contributed by atoms with van der Waals surface area (Å²) in [6.07, 6.45) is -4.79. The summed E-state index contributed by atoms with van der Waals surface area (Å²) in [6.45, 7) is 0. The Morgan fingerprint density at radius 1 is 1.36 bits per heavy atom. The van der Waals surface area contributed by atoms with Gasteiger partial charge in [-0.3, -0.25) is 0 Å². The Balaban J connectivity index is 3.05. The van der Waals surface area contributed by atoms with E-state index in [4.69, 9.17) is 5.26 Å². The Morgan fingerprint density at radius 2 is 2.00 bits per heavy atom. The van der Waals surface area contributed by atoms with Gasteiger partial charge in [-0.25, -0.2) is 0 Å². The van der Waals surface area contributed by atoms with Gasteiger partial charge in [0.1, 0.15) is 11.8 Å². The van der Waals surface area contributed by atoms with Crippen LogP contribution >= 0.6 is 12.6 Å². The van der Waals surface area contributed by atoms with Crippen LogP contribution in [-0.2, 0) is 0 Å². The molecule has 14 heavy (non-hydrogen) atoms. The molecule has 0 aromatic heterocycles. The van der Waals surface area contributed by atoms with Crippen molar-refractivity contribution in [3.8, 4) is 11.8 Å². The van der Waals surface area contributed by atoms with E-state index in [0.717, 1.165) is 6.07 Å². The van der Waals surface area contributed by atoms with Crippen molar-refractivity contribution in [1.82, 2.24) is 0 Å². The lowest BCUT2D eigenvalue weighted by atomic mass is 10.2. The maximum absolute atomic E-state index is 11.8. The Morgan fingerprint density at radius 3 is 2.50 bits per heavy atom. The van der Waals surface area contributed by atoms with E-state index in [1.54, 1.807) is 6.07 Å². The Kier molecular flexibility index (Phi) is 2.91. The van der Waals surface area contributed by atoms with E-state index in [1.807, 2.05) is 0 Å². The first kappa shape index (κ1) is 10.7. The van der Waals surface area contributed by atoms with Crippen molar-refractivity contribution in [3.05, 3.63) is 23.8 Å². The van der Waals surface area contributed by atoms with Crippen LogP contribution in [0.2, 0.25) is 0 Å². The van der Waals surface area contributed by atoms with Gasteiger partial charge < -0.3 is 4.74 Å². The minimum absolute atomic E-state index is 0.199. The van der Waals surface area contributed by atoms with Gasteiger partial charge in [0.25, 0.3) is 0 Å². The van der Waals surface area contributed by atoms with Crippen molar-refractivity contribution in [1.29, 1.82) is 5.26 Å². The first-order valence-electron chi connectivity index (χ1n) is 3.41. The third-order valence-electron chi connectivity index (χ3n) is 1.31. The third-order valence-corrected chi connectivity index (χ3v) is 1.59. The van der Waals surface area contributed by atoms with Crippen LogP contribution in [0.15, 0.2) is 23.1 Å². The highest BCUT2D eigenvalue weighted by molar-refractivity contribution is 7.80. The van der Waals surface area contributed by atoms with Gasteiger partial charge in [0.15, 0.2) is 0 Å². The smallest absolute Gasteiger partial charge is 0.404 e. The second-order valence-electron chi connectivity index (χ2n) is 2.34. The van der Waals surface area contributed by atoms with E-state index < -0.39 is 12.1 Å². The summed E-state index contributed by atoms with van der Waals surface area (Å²) < 4.78 is 39.0. The molecular formula is C8H4F3NOS. The molecule has 0 radical (unpaired) electrons. The number of alkyl halides is 3. The molecule has 0 aliphatic heterocycles. The van der Waals surface area contributed by atoms with E-state index in [2.05, 4.69) is 17.4 Å². The van der Waals surface area contributed by atoms with E-state index in [0.29, 0.717) is 4.90 Å². The zero-order valence-electron chi connectivity index (χ0n) is 6.67. The van der Waals surface area contributed by atoms with Crippen molar-refractivity contribution >= 4 is 12.6 Å². The van der Waals surface area contributed by atoms with Gasteiger partial charge in [0, 0.05) is 4.90 Å². The van der Waals surface area contributed by atoms with Gasteiger partial charge >= 0.3 is 6.36 Å². The number of hydrogen-bond donors (Lipinski definition) is 1. The zero-order chi connectivity index (χ0) is 10.8. The molecule has 74 valence electrons. The molecule has 0 atom stereocenters. The van der Waals surface area contributed by atoms with Crippen LogP contribution in [0.3, 0.4) is 0 Å². The van der Waals surface area contributed by atoms with E-state index in [1.165, 1.54) is 12.1 Å². The fourth-order valence-corrected chi connectivity index (χ4v) is 1.02. The second kappa shape index (κ2) is 3.80. The second-order valence-corrected chi connectivity index (χ2v) is 2.86. The number of hydrogen-bond acceptors (Lipinski definition) is 3. The van der Waals surface area contributed by atoms with E-state index in [9.17, 15) is 13.2 Å². The highest BCUT2D eigenvalue weighted by Gasteiger charge is 2.32. The highest BCUT2D eigenvalue weighted by Crippen LogP contribution is 2.27. The first-order valence-corrected chi connectivity index (χ1v) is 3.86. The lowest BCUT2D eigenvalue weighted by Crippen LogP contribution is -2.17. The van der Waals surface area contributed by atoms with Crippen LogP contribution < -0.4 is 4.74 Å². The molecule has 1 aromatic carbocycles. The largest absolute Gasteiger partial charge is 0.573 e. The number of halogens is 3. The fourth-order valence-electron chi connectivity index (χ4n) is 0.819. The van der Waals surface area contributed by atoms with Crippen molar-refractivity contribution in [2.75, 3.05) is 0 Å². The van der Waals surface area contributed by atoms with Crippen molar-refractivity contribution in [2.45, 2.75) is 11.3 Å². The normalized spacial score (nSPS) is 10.8. The van der Waals surface area contributed by atoms with Gasteiger partial charge in [0.05, 0.1) is 5.56 Å². The average Bonchev–Trinajstić information content (AvgIpc) is 2.06. The molecule has 1 rings (SSSR count). The molecule has 0 unspecified atom stereocenters. The van der Waals surface area contributed by atoms with Crippen molar-refractivity contribution in [3.63, 3.8) is 0 Å². The molecule has 0 saturated heterocycles. The molecule has 0 aliphatic rings. The Labute approximate surface area is 83.3 Å². The van der Waals surface area contributed by atoms with Gasteiger partial charge in [-0.15, -0.1) is 25.8 Å². The molecule has 6 heteroatoms. The summed E-state index contributed by atoms with van der Waals surface area (Å²) in [5.41, 5.74) is -0.199. The van der Waals surface area contributed by atoms with Crippen LogP contribution in [0.5, 0.6) is 5.75 Å². The summed E-state index contributed by atoms with van der Waals surface area (Å²) in [5, 5.41) is 8.51. The van der Waals surface area contributed by atoms with Crippen LogP contribution in [0, 0.1) is 11.3 Å². The van der Waals surface area contributed by atoms with Gasteiger partial charge in [-0.1, -0.05) is 0 Å². The van der Waals surface area contributed by atoms with Crippen LogP contribution in [0.25, 0.3) is 0 Å². The molecule has 0 fully saturated rings. The number of benzene rings is 1. The number of rotatable bonds is 1. The van der Waals surface area contributed by atoms with E-state index >= 15 is 0 Å². The lowest BCUT2D eigenvalue weighted by Gasteiger charge is -2.09. The molecule has 0 heterocycles. The Hall–Kier alpha value is -1.35. The van der Waals surface area contributed by atoms with Gasteiger partial charge in [0.2, 0.25) is 0 Å². The summed E-state index contributed by atoms with van der Waals surface area (Å²) in [6, 6.07) is 5.14. The van der Waals surface area contributed by atoms with Crippen LogP contribution in [0.1, 0.15) is 5.56 Å². The van der Waals surface area contributed by atoms with Crippen LogP contribution in [-0.4, -0.2) is 6.36 Å². The predicted octanol–water partition coefficient (Wildman–Crippen LogP) is 2.75. The van der Waals surface area contributed by atoms with Gasteiger partial charge in [-0.05, 0) is 18.2 Å². The number of nitriles is 1. The predicted molar refractivity (Wildman–Crippen MR) is 45.1 cm³/mol. The maximum Gasteiger partial charge on any atom is 0.573 e. The van der Waals surface area contributed by atoms with Crippen LogP contribution in [0.4, 0.5) is 13.2 Å². The molecule has 0 amide bonds. The first-order chi connectivity index (χ1) is 6.42. The molecular weight excluding hydrogens is 215 g/mol. The summed E-state index contributed by atoms with van der Waals surface area (Å²) in [5.74, 6) is -0.516. The number of nitrogens with zero attached hydrogens (tertiary/aromatic N) is 1. The zero-order valence-corrected chi connectivity index (χ0v) is 7.56. The molecule has 2 nitrogen and oxygen atoms in total. The third kappa shape index (κ3) is 2.85.